The molecule has 0 aromatic heterocycles. The summed E-state index contributed by atoms with van der Waals surface area (Å²) in [5, 5.41) is 0. The molecule has 0 fully saturated rings. The molecule has 0 saturated carbocycles. The molecule has 0 aliphatic carbocycles. The van der Waals surface area contributed by atoms with Gasteiger partial charge >= 0.3 is 5.97 Å². The van der Waals surface area contributed by atoms with Gasteiger partial charge in [0.1, 0.15) is 0 Å². The van der Waals surface area contributed by atoms with E-state index in [0.29, 0.717) is 6.61 Å². The number of unbranched alkanes of at least 4 members (excludes halogenated alkanes) is 7. The second-order valence-electron chi connectivity index (χ2n) is 5.60. The van der Waals surface area contributed by atoms with Crippen LogP contribution in [0.2, 0.25) is 0 Å². The molecule has 0 aliphatic rings. The third-order valence-electron chi connectivity index (χ3n) is 3.19. The zero-order valence-electron chi connectivity index (χ0n) is 13.1. The molecule has 0 spiro atoms. The van der Waals surface area contributed by atoms with Crippen molar-refractivity contribution in [3.05, 3.63) is 12.2 Å². The van der Waals surface area contributed by atoms with E-state index in [9.17, 15) is 4.79 Å². The highest BCUT2D eigenvalue weighted by Crippen LogP contribution is 2.12. The molecule has 0 aromatic rings. The van der Waals surface area contributed by atoms with Crippen LogP contribution in [0.5, 0.6) is 0 Å². The lowest BCUT2D eigenvalue weighted by Crippen LogP contribution is -1.98. The maximum Gasteiger partial charge on any atom is 0.330 e. The summed E-state index contributed by atoms with van der Waals surface area (Å²) in [6, 6.07) is 0. The predicted octanol–water partition coefficient (Wildman–Crippen LogP) is 5.27. The summed E-state index contributed by atoms with van der Waals surface area (Å²) >= 11 is 0. The minimum absolute atomic E-state index is 0.215. The van der Waals surface area contributed by atoms with Gasteiger partial charge in [-0.25, -0.2) is 4.79 Å². The van der Waals surface area contributed by atoms with Gasteiger partial charge in [-0.2, -0.15) is 0 Å². The summed E-state index contributed by atoms with van der Waals surface area (Å²) in [6.07, 6.45) is 15.2. The highest BCUT2D eigenvalue weighted by atomic mass is 16.5. The van der Waals surface area contributed by atoms with Gasteiger partial charge in [0.15, 0.2) is 0 Å². The van der Waals surface area contributed by atoms with Gasteiger partial charge in [0.2, 0.25) is 0 Å². The van der Waals surface area contributed by atoms with E-state index in [4.69, 9.17) is 4.74 Å². The van der Waals surface area contributed by atoms with Gasteiger partial charge in [-0.3, -0.25) is 0 Å². The summed E-state index contributed by atoms with van der Waals surface area (Å²) in [4.78, 5) is 11.0. The Morgan fingerprint density at radius 1 is 1.00 bits per heavy atom. The fraction of sp³-hybridized carbons (Fsp3) is 0.824. The lowest BCUT2D eigenvalue weighted by molar-refractivity contribution is -0.137. The van der Waals surface area contributed by atoms with Gasteiger partial charge in [-0.05, 0) is 25.7 Å². The van der Waals surface area contributed by atoms with Crippen LogP contribution in [0.1, 0.15) is 78.6 Å². The monoisotopic (exact) mass is 268 g/mol. The van der Waals surface area contributed by atoms with Crippen molar-refractivity contribution in [1.82, 2.24) is 0 Å². The molecule has 0 bridgehead atoms. The largest absolute Gasteiger partial charge is 0.463 e. The van der Waals surface area contributed by atoms with Crippen LogP contribution in [0.15, 0.2) is 12.2 Å². The smallest absolute Gasteiger partial charge is 0.330 e. The standard InChI is InChI=1S/C17H32O2/c1-4-19-17(18)15-13-11-9-7-5-6-8-10-12-14-16(2)3/h13,15-16H,4-12,14H2,1-3H3/b15-13+. The summed E-state index contributed by atoms with van der Waals surface area (Å²) in [7, 11) is 0. The van der Waals surface area contributed by atoms with E-state index in [0.717, 1.165) is 12.3 Å². The summed E-state index contributed by atoms with van der Waals surface area (Å²) in [6.45, 7) is 6.88. The Morgan fingerprint density at radius 2 is 1.58 bits per heavy atom. The maximum atomic E-state index is 11.0. The molecule has 0 aromatic carbocycles. The van der Waals surface area contributed by atoms with Crippen molar-refractivity contribution in [2.24, 2.45) is 5.92 Å². The lowest BCUT2D eigenvalue weighted by atomic mass is 10.0. The summed E-state index contributed by atoms with van der Waals surface area (Å²) in [5.74, 6) is 0.638. The first kappa shape index (κ1) is 18.2. The number of rotatable bonds is 12. The van der Waals surface area contributed by atoms with Crippen LogP contribution in [0, 0.1) is 5.92 Å². The van der Waals surface area contributed by atoms with Crippen molar-refractivity contribution >= 4 is 5.97 Å². The average molecular weight is 268 g/mol. The first-order chi connectivity index (χ1) is 9.16. The molecule has 0 heterocycles. The Bertz CT molecular complexity index is 231. The van der Waals surface area contributed by atoms with E-state index in [1.165, 1.54) is 51.4 Å². The molecule has 0 atom stereocenters. The van der Waals surface area contributed by atoms with E-state index in [-0.39, 0.29) is 5.97 Å². The third kappa shape index (κ3) is 15.2. The van der Waals surface area contributed by atoms with Gasteiger partial charge in [0, 0.05) is 6.08 Å². The number of ether oxygens (including phenoxy) is 1. The van der Waals surface area contributed by atoms with E-state index in [1.807, 2.05) is 13.0 Å². The number of carbonyl (C=O) groups excluding carboxylic acids is 1. The third-order valence-corrected chi connectivity index (χ3v) is 3.19. The zero-order chi connectivity index (χ0) is 14.3. The van der Waals surface area contributed by atoms with Crippen LogP contribution in [-0.4, -0.2) is 12.6 Å². The van der Waals surface area contributed by atoms with Crippen LogP contribution >= 0.6 is 0 Å². The fourth-order valence-electron chi connectivity index (χ4n) is 2.07. The van der Waals surface area contributed by atoms with Gasteiger partial charge in [0.25, 0.3) is 0 Å². The predicted molar refractivity (Wildman–Crippen MR) is 82.2 cm³/mol. The van der Waals surface area contributed by atoms with Crippen molar-refractivity contribution in [1.29, 1.82) is 0 Å². The SMILES string of the molecule is CCOC(=O)/C=C/CCCCCCCCCC(C)C. The van der Waals surface area contributed by atoms with Crippen LogP contribution in [0.4, 0.5) is 0 Å². The molecule has 0 saturated heterocycles. The Labute approximate surface area is 119 Å². The maximum absolute atomic E-state index is 11.0. The van der Waals surface area contributed by atoms with Crippen molar-refractivity contribution < 1.29 is 9.53 Å². The highest BCUT2D eigenvalue weighted by molar-refractivity contribution is 5.81. The quantitative estimate of drug-likeness (QED) is 0.274. The zero-order valence-corrected chi connectivity index (χ0v) is 13.1. The van der Waals surface area contributed by atoms with E-state index in [1.54, 1.807) is 6.08 Å². The van der Waals surface area contributed by atoms with Crippen molar-refractivity contribution in [3.8, 4) is 0 Å². The topological polar surface area (TPSA) is 26.3 Å². The minimum atomic E-state index is -0.215. The summed E-state index contributed by atoms with van der Waals surface area (Å²) in [5.41, 5.74) is 0. The van der Waals surface area contributed by atoms with Gasteiger partial charge in [0.05, 0.1) is 6.61 Å². The van der Waals surface area contributed by atoms with Crippen LogP contribution < -0.4 is 0 Å². The number of hydrogen-bond acceptors (Lipinski definition) is 2. The molecule has 0 unspecified atom stereocenters. The van der Waals surface area contributed by atoms with Crippen LogP contribution in [-0.2, 0) is 9.53 Å². The molecular formula is C17H32O2. The normalized spacial score (nSPS) is 11.4. The fourth-order valence-corrected chi connectivity index (χ4v) is 2.07. The second-order valence-corrected chi connectivity index (χ2v) is 5.60. The lowest BCUT2D eigenvalue weighted by Gasteiger charge is -2.04. The Morgan fingerprint density at radius 3 is 2.16 bits per heavy atom. The van der Waals surface area contributed by atoms with E-state index < -0.39 is 0 Å². The Hall–Kier alpha value is -0.790. The molecular weight excluding hydrogens is 236 g/mol. The van der Waals surface area contributed by atoms with Crippen molar-refractivity contribution in [2.45, 2.75) is 78.6 Å². The van der Waals surface area contributed by atoms with Crippen molar-refractivity contribution in [2.75, 3.05) is 6.61 Å². The van der Waals surface area contributed by atoms with Gasteiger partial charge in [-0.1, -0.05) is 64.9 Å². The van der Waals surface area contributed by atoms with Crippen LogP contribution in [0.25, 0.3) is 0 Å². The summed E-state index contributed by atoms with van der Waals surface area (Å²) < 4.78 is 4.82. The Balaban J connectivity index is 3.16. The molecule has 0 aliphatic heterocycles. The first-order valence-electron chi connectivity index (χ1n) is 8.00. The van der Waals surface area contributed by atoms with E-state index in [2.05, 4.69) is 13.8 Å². The number of carbonyl (C=O) groups is 1. The molecule has 2 nitrogen and oxygen atoms in total. The molecule has 2 heteroatoms. The van der Waals surface area contributed by atoms with Crippen molar-refractivity contribution in [3.63, 3.8) is 0 Å². The molecule has 19 heavy (non-hydrogen) atoms. The number of esters is 1. The number of allylic oxidation sites excluding steroid dienone is 1. The second kappa shape index (κ2) is 13.6. The Kier molecular flexibility index (Phi) is 13.1. The average Bonchev–Trinajstić information content (AvgIpc) is 2.36. The van der Waals surface area contributed by atoms with Gasteiger partial charge in [-0.15, -0.1) is 0 Å². The molecule has 112 valence electrons. The molecule has 0 N–H and O–H groups in total. The molecule has 0 radical (unpaired) electrons. The molecule has 0 amide bonds. The van der Waals surface area contributed by atoms with Gasteiger partial charge < -0.3 is 4.74 Å². The molecule has 0 rings (SSSR count). The van der Waals surface area contributed by atoms with E-state index >= 15 is 0 Å². The highest BCUT2D eigenvalue weighted by Gasteiger charge is 1.95. The first-order valence-corrected chi connectivity index (χ1v) is 8.00. The number of hydrogen-bond donors (Lipinski definition) is 0. The van der Waals surface area contributed by atoms with Crippen LogP contribution in [0.3, 0.4) is 0 Å². The minimum Gasteiger partial charge on any atom is -0.463 e.